The van der Waals surface area contributed by atoms with Crippen LogP contribution in [0.25, 0.3) is 0 Å². The molecule has 1 heterocycles. The number of nitro groups is 1. The van der Waals surface area contributed by atoms with Crippen molar-refractivity contribution in [1.82, 2.24) is 5.32 Å². The monoisotopic (exact) mass is 502 g/mol. The first kappa shape index (κ1) is 24.6. The van der Waals surface area contributed by atoms with Crippen molar-refractivity contribution in [2.45, 2.75) is 18.2 Å². The average molecular weight is 503 g/mol. The van der Waals surface area contributed by atoms with Crippen molar-refractivity contribution in [3.05, 3.63) is 117 Å². The fourth-order valence-electron chi connectivity index (χ4n) is 3.69. The number of thioether (sulfide) groups is 1. The molecule has 0 radical (unpaired) electrons. The first-order valence-corrected chi connectivity index (χ1v) is 11.7. The van der Waals surface area contributed by atoms with E-state index in [0.29, 0.717) is 11.3 Å². The second-order valence-electron chi connectivity index (χ2n) is 7.85. The van der Waals surface area contributed by atoms with Crippen LogP contribution in [0.15, 0.2) is 89.5 Å². The Morgan fingerprint density at radius 3 is 2.44 bits per heavy atom. The SMILES string of the molecule is N#CC(C(=O)NCc1ccccc1)=C1SC(Cc2cccc([N+](=O)[O-])c2)C(=O)N1c1ccc(F)cc1. The number of rotatable bonds is 7. The maximum Gasteiger partial charge on any atom is 0.269 e. The van der Waals surface area contributed by atoms with Crippen molar-refractivity contribution in [2.75, 3.05) is 4.90 Å². The van der Waals surface area contributed by atoms with Gasteiger partial charge in [0.2, 0.25) is 5.91 Å². The molecule has 0 aromatic heterocycles. The molecule has 1 atom stereocenters. The lowest BCUT2D eigenvalue weighted by Gasteiger charge is -2.18. The van der Waals surface area contributed by atoms with Crippen molar-refractivity contribution in [2.24, 2.45) is 0 Å². The number of amides is 2. The van der Waals surface area contributed by atoms with E-state index in [1.165, 1.54) is 47.4 Å². The predicted octanol–water partition coefficient (Wildman–Crippen LogP) is 4.48. The van der Waals surface area contributed by atoms with Gasteiger partial charge in [0.15, 0.2) is 0 Å². The zero-order valence-corrected chi connectivity index (χ0v) is 19.6. The molecule has 1 unspecified atom stereocenters. The first-order valence-electron chi connectivity index (χ1n) is 10.8. The van der Waals surface area contributed by atoms with Crippen LogP contribution in [0.3, 0.4) is 0 Å². The van der Waals surface area contributed by atoms with Crippen molar-refractivity contribution in [1.29, 1.82) is 5.26 Å². The Balaban J connectivity index is 1.67. The smallest absolute Gasteiger partial charge is 0.269 e. The molecule has 180 valence electrons. The topological polar surface area (TPSA) is 116 Å². The van der Waals surface area contributed by atoms with Crippen LogP contribution >= 0.6 is 11.8 Å². The molecule has 8 nitrogen and oxygen atoms in total. The minimum absolute atomic E-state index is 0.105. The summed E-state index contributed by atoms with van der Waals surface area (Å²) in [7, 11) is 0. The standard InChI is InChI=1S/C26H19FN4O4S/c27-19-9-11-20(12-10-19)30-25(33)23(14-18-7-4-8-21(13-18)31(34)35)36-26(30)22(15-28)24(32)29-16-17-5-2-1-3-6-17/h1-13,23H,14,16H2,(H,29,32). The highest BCUT2D eigenvalue weighted by atomic mass is 32.2. The number of nitro benzene ring substituents is 1. The van der Waals surface area contributed by atoms with E-state index in [4.69, 9.17) is 0 Å². The highest BCUT2D eigenvalue weighted by Crippen LogP contribution is 2.42. The van der Waals surface area contributed by atoms with Gasteiger partial charge in [0, 0.05) is 24.4 Å². The van der Waals surface area contributed by atoms with Gasteiger partial charge in [-0.1, -0.05) is 54.2 Å². The van der Waals surface area contributed by atoms with Crippen LogP contribution in [0, 0.1) is 27.3 Å². The van der Waals surface area contributed by atoms with Gasteiger partial charge in [-0.15, -0.1) is 0 Å². The van der Waals surface area contributed by atoms with Gasteiger partial charge < -0.3 is 5.32 Å². The summed E-state index contributed by atoms with van der Waals surface area (Å²) < 4.78 is 13.6. The summed E-state index contributed by atoms with van der Waals surface area (Å²) in [6.45, 7) is 0.185. The Kier molecular flexibility index (Phi) is 7.42. The number of nitrogens with zero attached hydrogens (tertiary/aromatic N) is 3. The fraction of sp³-hybridized carbons (Fsp3) is 0.115. The number of non-ortho nitro benzene ring substituents is 1. The second kappa shape index (κ2) is 10.8. The van der Waals surface area contributed by atoms with Gasteiger partial charge in [0.05, 0.1) is 10.2 Å². The lowest BCUT2D eigenvalue weighted by Crippen LogP contribution is -2.32. The molecule has 0 bridgehead atoms. The molecule has 10 heteroatoms. The minimum atomic E-state index is -0.752. The zero-order chi connectivity index (χ0) is 25.7. The van der Waals surface area contributed by atoms with Crippen molar-refractivity contribution in [3.63, 3.8) is 0 Å². The Hall–Kier alpha value is -4.49. The number of carbonyl (C=O) groups is 2. The number of halogens is 1. The van der Waals surface area contributed by atoms with Gasteiger partial charge in [-0.3, -0.25) is 24.6 Å². The molecule has 36 heavy (non-hydrogen) atoms. The van der Waals surface area contributed by atoms with E-state index in [2.05, 4.69) is 5.32 Å². The molecule has 1 aliphatic rings. The molecule has 0 spiro atoms. The van der Waals surface area contributed by atoms with E-state index in [9.17, 15) is 29.4 Å². The molecule has 1 aliphatic heterocycles. The number of anilines is 1. The fourth-order valence-corrected chi connectivity index (χ4v) is 5.00. The molecular weight excluding hydrogens is 483 g/mol. The van der Waals surface area contributed by atoms with Crippen LogP contribution < -0.4 is 10.2 Å². The highest BCUT2D eigenvalue weighted by Gasteiger charge is 2.41. The number of nitrogens with one attached hydrogen (secondary N) is 1. The molecule has 0 aliphatic carbocycles. The molecule has 1 N–H and O–H groups in total. The summed E-state index contributed by atoms with van der Waals surface area (Å²) in [6.07, 6.45) is 0.136. The van der Waals surface area contributed by atoms with Crippen LogP contribution in [0.4, 0.5) is 15.8 Å². The van der Waals surface area contributed by atoms with E-state index in [1.807, 2.05) is 36.4 Å². The van der Waals surface area contributed by atoms with Crippen LogP contribution in [0.2, 0.25) is 0 Å². The third-order valence-corrected chi connectivity index (χ3v) is 6.69. The number of hydrogen-bond donors (Lipinski definition) is 1. The molecule has 3 aromatic carbocycles. The van der Waals surface area contributed by atoms with Crippen LogP contribution in [-0.2, 0) is 22.6 Å². The quantitative estimate of drug-likeness (QED) is 0.220. The molecule has 1 saturated heterocycles. The van der Waals surface area contributed by atoms with Crippen LogP contribution in [0.5, 0.6) is 0 Å². The number of nitriles is 1. The maximum atomic E-state index is 13.6. The third kappa shape index (κ3) is 5.42. The Labute approximate surface area is 210 Å². The molecule has 4 rings (SSSR count). The summed E-state index contributed by atoms with van der Waals surface area (Å²) in [6, 6.07) is 22.1. The van der Waals surface area contributed by atoms with Gasteiger partial charge in [-0.25, -0.2) is 4.39 Å². The summed E-state index contributed by atoms with van der Waals surface area (Å²) in [5.74, 6) is -1.57. The van der Waals surface area contributed by atoms with Gasteiger partial charge >= 0.3 is 0 Å². The predicted molar refractivity (Wildman–Crippen MR) is 133 cm³/mol. The van der Waals surface area contributed by atoms with E-state index in [-0.39, 0.29) is 29.3 Å². The van der Waals surface area contributed by atoms with E-state index >= 15 is 0 Å². The van der Waals surface area contributed by atoms with E-state index in [0.717, 1.165) is 17.3 Å². The number of benzene rings is 3. The summed E-state index contributed by atoms with van der Waals surface area (Å²) in [5, 5.41) is 23.1. The van der Waals surface area contributed by atoms with Gasteiger partial charge in [0.25, 0.3) is 11.6 Å². The number of hydrogen-bond acceptors (Lipinski definition) is 6. The Bertz CT molecular complexity index is 1390. The second-order valence-corrected chi connectivity index (χ2v) is 9.04. The Morgan fingerprint density at radius 1 is 1.08 bits per heavy atom. The van der Waals surface area contributed by atoms with E-state index < -0.39 is 27.8 Å². The average Bonchev–Trinajstić information content (AvgIpc) is 3.19. The summed E-state index contributed by atoms with van der Waals surface area (Å²) >= 11 is 1.03. The number of carbonyl (C=O) groups excluding carboxylic acids is 2. The maximum absolute atomic E-state index is 13.6. The summed E-state index contributed by atoms with van der Waals surface area (Å²) in [5.41, 5.74) is 1.33. The van der Waals surface area contributed by atoms with Crippen LogP contribution in [0.1, 0.15) is 11.1 Å². The van der Waals surface area contributed by atoms with Gasteiger partial charge in [0.1, 0.15) is 22.5 Å². The van der Waals surface area contributed by atoms with Crippen LogP contribution in [-0.4, -0.2) is 22.0 Å². The van der Waals surface area contributed by atoms with Crippen molar-refractivity contribution >= 4 is 35.0 Å². The molecule has 3 aromatic rings. The van der Waals surface area contributed by atoms with Crippen molar-refractivity contribution < 1.29 is 18.9 Å². The Morgan fingerprint density at radius 2 is 1.78 bits per heavy atom. The lowest BCUT2D eigenvalue weighted by molar-refractivity contribution is -0.384. The van der Waals surface area contributed by atoms with E-state index in [1.54, 1.807) is 6.07 Å². The van der Waals surface area contributed by atoms with Crippen molar-refractivity contribution in [3.8, 4) is 6.07 Å². The third-order valence-electron chi connectivity index (χ3n) is 5.43. The normalized spacial score (nSPS) is 16.4. The minimum Gasteiger partial charge on any atom is -0.347 e. The van der Waals surface area contributed by atoms with Gasteiger partial charge in [-0.05, 0) is 41.8 Å². The molecule has 1 fully saturated rings. The lowest BCUT2D eigenvalue weighted by atomic mass is 10.1. The summed E-state index contributed by atoms with van der Waals surface area (Å²) in [4.78, 5) is 38.3. The largest absolute Gasteiger partial charge is 0.347 e. The highest BCUT2D eigenvalue weighted by molar-refractivity contribution is 8.05. The molecule has 2 amide bonds. The molecule has 0 saturated carbocycles. The first-order chi connectivity index (χ1) is 17.4. The van der Waals surface area contributed by atoms with Gasteiger partial charge in [-0.2, -0.15) is 5.26 Å². The molecular formula is C26H19FN4O4S. The zero-order valence-electron chi connectivity index (χ0n) is 18.8.